The third kappa shape index (κ3) is 16.1. The Kier molecular flexibility index (Phi) is 23.3. The van der Waals surface area contributed by atoms with E-state index in [0.717, 1.165) is 24.8 Å². The molecule has 5 N–H and O–H groups in total. The van der Waals surface area contributed by atoms with Crippen LogP contribution in [-0.2, 0) is 49.1 Å². The van der Waals surface area contributed by atoms with Crippen molar-refractivity contribution in [1.29, 1.82) is 0 Å². The number of alkyl carbamates (subject to hydrolysis) is 2. The molecule has 18 atom stereocenters. The van der Waals surface area contributed by atoms with Crippen LogP contribution in [0.2, 0.25) is 5.02 Å². The number of aliphatic hydroxyl groups is 3. The largest absolute Gasteiger partial charge is 0.459 e. The standard InChI is InChI=1S/C53H91ClN4O14/c1-16-18-21-25-55-49(61)71-45-35(7)58(14)30-31(3)28-51(9,63)44(70-48-42(59)39(57(12)13)27-32(4)66-48)33(5)43(34(6)47(60)68-40(17-2)53(45,11)64)69-41-29-52(10,65-15)46(36(8)67-41)72-50(62)56-26-24-37-22-19-20-23-38(37)54/h19-20,22-23,31-36,39-46,48,59,63-64H,16-18,21,24-30H2,1-15H3,(H,55,61)(H,56,62)/t31-,32-,33+,34-,35-,36+,39+,40-,41+,42-,43+,44-,45-,46+,48+,51-,52-,53-/m1/s1. The smallest absolute Gasteiger partial charge is 0.407 e. The molecule has 0 aromatic heterocycles. The molecule has 3 saturated heterocycles. The summed E-state index contributed by atoms with van der Waals surface area (Å²) in [5.41, 5.74) is -3.83. The quantitative estimate of drug-likeness (QED) is 0.0683. The number of rotatable bonds is 16. The van der Waals surface area contributed by atoms with Crippen LogP contribution < -0.4 is 10.6 Å². The number of methoxy groups -OCH3 is 1. The first-order chi connectivity index (χ1) is 33.7. The molecule has 0 spiro atoms. The van der Waals surface area contributed by atoms with Gasteiger partial charge in [0.2, 0.25) is 0 Å². The van der Waals surface area contributed by atoms with Gasteiger partial charge in [-0.3, -0.25) is 9.69 Å². The summed E-state index contributed by atoms with van der Waals surface area (Å²) in [6.07, 6.45) is -7.30. The molecule has 18 nitrogen and oxygen atoms in total. The Labute approximate surface area is 434 Å². The maximum atomic E-state index is 14.9. The van der Waals surface area contributed by atoms with E-state index >= 15 is 0 Å². The Balaban J connectivity index is 1.75. The highest BCUT2D eigenvalue weighted by Crippen LogP contribution is 2.41. The first-order valence-corrected chi connectivity index (χ1v) is 26.6. The van der Waals surface area contributed by atoms with Gasteiger partial charge in [-0.05, 0) is 119 Å². The van der Waals surface area contributed by atoms with E-state index in [0.29, 0.717) is 31.0 Å². The van der Waals surface area contributed by atoms with E-state index in [4.69, 9.17) is 49.5 Å². The van der Waals surface area contributed by atoms with Crippen LogP contribution in [0.5, 0.6) is 0 Å². The number of esters is 1. The van der Waals surface area contributed by atoms with Crippen molar-refractivity contribution < 1.29 is 67.6 Å². The fraction of sp³-hybridized carbons (Fsp3) is 0.830. The summed E-state index contributed by atoms with van der Waals surface area (Å²) in [6, 6.07) is 6.46. The van der Waals surface area contributed by atoms with Gasteiger partial charge in [0.1, 0.15) is 23.4 Å². The lowest BCUT2D eigenvalue weighted by molar-refractivity contribution is -0.317. The number of cyclic esters (lactones) is 1. The Morgan fingerprint density at radius 1 is 0.903 bits per heavy atom. The van der Waals surface area contributed by atoms with Crippen molar-refractivity contribution in [2.75, 3.05) is 47.9 Å². The number of halogens is 1. The Morgan fingerprint density at radius 2 is 1.54 bits per heavy atom. The zero-order valence-corrected chi connectivity index (χ0v) is 46.6. The normalized spacial score (nSPS) is 38.8. The Hall–Kier alpha value is -2.88. The molecule has 0 saturated carbocycles. The van der Waals surface area contributed by atoms with Crippen LogP contribution in [0.3, 0.4) is 0 Å². The molecule has 4 rings (SSSR count). The lowest BCUT2D eigenvalue weighted by atomic mass is 9.77. The van der Waals surface area contributed by atoms with Gasteiger partial charge in [-0.2, -0.15) is 0 Å². The van der Waals surface area contributed by atoms with Crippen LogP contribution in [0.25, 0.3) is 0 Å². The maximum absolute atomic E-state index is 14.9. The molecule has 3 fully saturated rings. The summed E-state index contributed by atoms with van der Waals surface area (Å²) in [7, 11) is 7.12. The molecule has 1 aromatic rings. The molecule has 3 heterocycles. The minimum absolute atomic E-state index is 0.0396. The molecule has 3 aliphatic rings. The number of unbranched alkanes of at least 4 members (excludes halogenated alkanes) is 2. The molecule has 0 radical (unpaired) electrons. The highest BCUT2D eigenvalue weighted by Gasteiger charge is 2.54. The number of nitrogens with one attached hydrogen (secondary N) is 2. The Bertz CT molecular complexity index is 1860. The second-order valence-electron chi connectivity index (χ2n) is 21.8. The van der Waals surface area contributed by atoms with E-state index in [-0.39, 0.29) is 43.9 Å². The molecule has 72 heavy (non-hydrogen) atoms. The predicted octanol–water partition coefficient (Wildman–Crippen LogP) is 6.45. The van der Waals surface area contributed by atoms with Gasteiger partial charge < -0.3 is 68.7 Å². The van der Waals surface area contributed by atoms with Crippen LogP contribution in [0.15, 0.2) is 24.3 Å². The maximum Gasteiger partial charge on any atom is 0.407 e. The predicted molar refractivity (Wildman–Crippen MR) is 273 cm³/mol. The van der Waals surface area contributed by atoms with Gasteiger partial charge in [0.15, 0.2) is 24.8 Å². The molecule has 19 heteroatoms. The van der Waals surface area contributed by atoms with Crippen LogP contribution in [0, 0.1) is 17.8 Å². The van der Waals surface area contributed by atoms with E-state index in [2.05, 4.69) is 17.6 Å². The molecular formula is C53H91ClN4O14. The monoisotopic (exact) mass is 1040 g/mol. The number of benzene rings is 1. The number of amides is 2. The lowest BCUT2D eigenvalue weighted by Gasteiger charge is -2.49. The number of hydrogen-bond donors (Lipinski definition) is 5. The summed E-state index contributed by atoms with van der Waals surface area (Å²) >= 11 is 6.34. The minimum Gasteiger partial charge on any atom is -0.459 e. The molecule has 0 unspecified atom stereocenters. The van der Waals surface area contributed by atoms with E-state index in [1.54, 1.807) is 40.7 Å². The molecule has 0 aliphatic carbocycles. The Morgan fingerprint density at radius 3 is 2.15 bits per heavy atom. The van der Waals surface area contributed by atoms with Crippen LogP contribution >= 0.6 is 11.6 Å². The molecule has 0 bridgehead atoms. The highest BCUT2D eigenvalue weighted by atomic mass is 35.5. The topological polar surface area (TPSA) is 216 Å². The lowest BCUT2D eigenvalue weighted by Crippen LogP contribution is -2.61. The summed E-state index contributed by atoms with van der Waals surface area (Å²) in [4.78, 5) is 45.4. The molecule has 3 aliphatic heterocycles. The molecular weight excluding hydrogens is 952 g/mol. The van der Waals surface area contributed by atoms with E-state index in [9.17, 15) is 29.7 Å². The van der Waals surface area contributed by atoms with Crippen molar-refractivity contribution >= 4 is 29.8 Å². The number of carbonyl (C=O) groups is 3. The highest BCUT2D eigenvalue weighted by molar-refractivity contribution is 6.31. The van der Waals surface area contributed by atoms with Crippen molar-refractivity contribution in [2.45, 2.75) is 218 Å². The third-order valence-corrected chi connectivity index (χ3v) is 15.6. The second-order valence-corrected chi connectivity index (χ2v) is 22.2. The number of carbonyl (C=O) groups excluding carboxylic acids is 3. The van der Waals surface area contributed by atoms with Gasteiger partial charge in [0.05, 0.1) is 35.9 Å². The van der Waals surface area contributed by atoms with Gasteiger partial charge in [0.25, 0.3) is 0 Å². The first kappa shape index (κ1) is 61.7. The van der Waals surface area contributed by atoms with Crippen molar-refractivity contribution in [3.8, 4) is 0 Å². The fourth-order valence-corrected chi connectivity index (χ4v) is 11.3. The number of hydrogen-bond acceptors (Lipinski definition) is 16. The molecule has 414 valence electrons. The molecule has 2 amide bonds. The average molecular weight is 1040 g/mol. The zero-order chi connectivity index (χ0) is 53.9. The number of ether oxygens (including phenoxy) is 8. The second kappa shape index (κ2) is 27.3. The van der Waals surface area contributed by atoms with Gasteiger partial charge in [-0.25, -0.2) is 9.59 Å². The zero-order valence-electron chi connectivity index (χ0n) is 45.9. The van der Waals surface area contributed by atoms with Gasteiger partial charge in [-0.15, -0.1) is 0 Å². The third-order valence-electron chi connectivity index (χ3n) is 15.3. The van der Waals surface area contributed by atoms with E-state index < -0.39 is 108 Å². The summed E-state index contributed by atoms with van der Waals surface area (Å²) in [6.45, 7) is 20.8. The first-order valence-electron chi connectivity index (χ1n) is 26.2. The van der Waals surface area contributed by atoms with E-state index in [1.165, 1.54) is 14.0 Å². The van der Waals surface area contributed by atoms with Crippen molar-refractivity contribution in [1.82, 2.24) is 20.4 Å². The SMILES string of the molecule is CCCCCNC(=O)O[C@@H]1[C@@H](C)N(C)C[C@H](C)C[C@@](C)(O)[C@H](O[C@@H]2O[C@H](C)C[C@H](N(C)C)[C@H]2O)[C@@H](C)[C@H](O[C@H]2C[C@@](C)(OC)[C@@H](OC(=O)NCCc3ccccc3Cl)[C@H](C)O2)[C@@H](C)C(=O)O[C@H](CC)[C@@]1(C)O. The van der Waals surface area contributed by atoms with E-state index in [1.807, 2.05) is 76.8 Å². The number of likely N-dealkylation sites (N-methyl/N-ethyl adjacent to an activating group) is 2. The fourth-order valence-electron chi connectivity index (χ4n) is 11.0. The van der Waals surface area contributed by atoms with Crippen molar-refractivity contribution in [3.05, 3.63) is 34.9 Å². The average Bonchev–Trinajstić information content (AvgIpc) is 3.30. The van der Waals surface area contributed by atoms with Gasteiger partial charge >= 0.3 is 18.2 Å². The molecule has 1 aromatic carbocycles. The van der Waals surface area contributed by atoms with Gasteiger partial charge in [-0.1, -0.05) is 70.3 Å². The van der Waals surface area contributed by atoms with Crippen LogP contribution in [0.1, 0.15) is 127 Å². The van der Waals surface area contributed by atoms with Gasteiger partial charge in [0, 0.05) is 56.2 Å². The minimum atomic E-state index is -1.90. The number of nitrogens with zero attached hydrogens (tertiary/aromatic N) is 2. The number of aliphatic hydroxyl groups excluding tert-OH is 1. The summed E-state index contributed by atoms with van der Waals surface area (Å²) in [5.74, 6) is -2.94. The summed E-state index contributed by atoms with van der Waals surface area (Å²) in [5, 5.41) is 43.5. The van der Waals surface area contributed by atoms with Crippen molar-refractivity contribution in [3.63, 3.8) is 0 Å². The van der Waals surface area contributed by atoms with Crippen molar-refractivity contribution in [2.24, 2.45) is 17.8 Å². The summed E-state index contributed by atoms with van der Waals surface area (Å²) < 4.78 is 51.1. The van der Waals surface area contributed by atoms with Crippen LogP contribution in [0.4, 0.5) is 9.59 Å². The van der Waals surface area contributed by atoms with Crippen LogP contribution in [-0.4, -0.2) is 181 Å².